The molecule has 11 rings (SSSR count). The van der Waals surface area contributed by atoms with Crippen LogP contribution in [0.3, 0.4) is 0 Å². The van der Waals surface area contributed by atoms with Gasteiger partial charge in [-0.3, -0.25) is 0 Å². The van der Waals surface area contributed by atoms with Crippen LogP contribution in [-0.4, -0.2) is 27.2 Å². The van der Waals surface area contributed by atoms with Gasteiger partial charge in [0, 0.05) is 49.6 Å². The van der Waals surface area contributed by atoms with Crippen molar-refractivity contribution >= 4 is 56.9 Å². The molecule has 60 heavy (non-hydrogen) atoms. The van der Waals surface area contributed by atoms with Gasteiger partial charge in [-0.25, -0.2) is 9.97 Å². The van der Waals surface area contributed by atoms with Crippen LogP contribution in [0, 0.1) is 0 Å². The summed E-state index contributed by atoms with van der Waals surface area (Å²) in [6.45, 7) is 7.22. The molecule has 0 saturated carbocycles. The molecule has 5 heteroatoms. The van der Waals surface area contributed by atoms with Crippen LogP contribution in [0.5, 0.6) is 0 Å². The number of rotatable bonds is 7. The Hall–Kier alpha value is -7.34. The fourth-order valence-corrected chi connectivity index (χ4v) is 9.98. The first-order valence-corrected chi connectivity index (χ1v) is 24.2. The largest absolute Gasteiger partial charge is 0.309 e. The predicted molar refractivity (Wildman–Crippen MR) is 255 cm³/mol. The van der Waals surface area contributed by atoms with E-state index >= 15 is 0 Å². The Balaban J connectivity index is 1.03. The minimum atomic E-state index is -1.43. The highest BCUT2D eigenvalue weighted by Crippen LogP contribution is 2.38. The molecule has 0 atom stereocenters. The first kappa shape index (κ1) is 35.8. The highest BCUT2D eigenvalue weighted by Gasteiger charge is 2.19. The van der Waals surface area contributed by atoms with Crippen LogP contribution < -0.4 is 5.19 Å². The Morgan fingerprint density at radius 3 is 1.23 bits per heavy atom. The summed E-state index contributed by atoms with van der Waals surface area (Å²) in [7, 11) is -1.43. The molecule has 8 aromatic carbocycles. The summed E-state index contributed by atoms with van der Waals surface area (Å²) in [5.74, 6) is 0.712. The second-order valence-electron chi connectivity index (χ2n) is 16.7. The number of fused-ring (bicyclic) bond motifs is 6. The lowest BCUT2D eigenvalue weighted by molar-refractivity contribution is 1.17. The van der Waals surface area contributed by atoms with Crippen molar-refractivity contribution in [3.63, 3.8) is 0 Å². The van der Waals surface area contributed by atoms with E-state index in [2.05, 4.69) is 205 Å². The van der Waals surface area contributed by atoms with Gasteiger partial charge in [0.1, 0.15) is 0 Å². The third-order valence-electron chi connectivity index (χ3n) is 11.9. The molecule has 0 radical (unpaired) electrons. The molecule has 0 saturated heterocycles. The fraction of sp³-hybridized carbons (Fsp3) is 0.0545. The smallest absolute Gasteiger partial charge is 0.160 e. The zero-order chi connectivity index (χ0) is 40.4. The predicted octanol–water partition coefficient (Wildman–Crippen LogP) is 13.9. The monoisotopic (exact) mass is 786 g/mol. The number of benzene rings is 8. The van der Waals surface area contributed by atoms with Gasteiger partial charge in [-0.1, -0.05) is 170 Å². The first-order chi connectivity index (χ1) is 29.4. The summed E-state index contributed by atoms with van der Waals surface area (Å²) in [6, 6.07) is 72.2. The summed E-state index contributed by atoms with van der Waals surface area (Å²) in [5, 5.41) is 6.45. The maximum atomic E-state index is 5.09. The molecule has 3 heterocycles. The fourth-order valence-electron chi connectivity index (χ4n) is 8.82. The molecule has 0 aliphatic heterocycles. The van der Waals surface area contributed by atoms with E-state index in [1.165, 1.54) is 65.6 Å². The van der Waals surface area contributed by atoms with Gasteiger partial charge in [-0.15, -0.1) is 0 Å². The SMILES string of the molecule is C[Si](C)(C)c1ccc(-n2c3ccccc3c3ccc(-c4ccc5c6ccccc6n(-c6ccc(-c7cc(-c8ccccc8)nc(-c8ccccc8)n7)cc6)c5c4)cc32)cc1. The van der Waals surface area contributed by atoms with Crippen molar-refractivity contribution in [2.24, 2.45) is 0 Å². The standard InChI is InChI=1S/C55H42N4Si/c1-60(2,3)44-30-28-43(29-31-44)59-52-21-13-11-19-46(52)48-33-25-41(35-54(48)59)40-24-32-47-45-18-10-12-20-51(45)58(53(47)34-40)42-26-22-38(23-27-42)50-36-49(37-14-6-4-7-15-37)56-55(57-50)39-16-8-5-9-17-39/h4-36H,1-3H3. The van der Waals surface area contributed by atoms with Crippen LogP contribution in [0.25, 0.3) is 100 Å². The molecule has 0 fully saturated rings. The Bertz CT molecular complexity index is 3320. The zero-order valence-electron chi connectivity index (χ0n) is 33.8. The summed E-state index contributed by atoms with van der Waals surface area (Å²) in [4.78, 5) is 10.1. The van der Waals surface area contributed by atoms with E-state index in [1.54, 1.807) is 0 Å². The van der Waals surface area contributed by atoms with E-state index in [9.17, 15) is 0 Å². The summed E-state index contributed by atoms with van der Waals surface area (Å²) in [6.07, 6.45) is 0. The van der Waals surface area contributed by atoms with E-state index in [0.717, 1.165) is 33.8 Å². The molecule has 0 aliphatic carbocycles. The van der Waals surface area contributed by atoms with Gasteiger partial charge >= 0.3 is 0 Å². The maximum Gasteiger partial charge on any atom is 0.160 e. The molecule has 0 bridgehead atoms. The van der Waals surface area contributed by atoms with Crippen LogP contribution in [0.4, 0.5) is 0 Å². The van der Waals surface area contributed by atoms with Gasteiger partial charge in [-0.2, -0.15) is 0 Å². The molecule has 0 aliphatic rings. The summed E-state index contributed by atoms with van der Waals surface area (Å²) >= 11 is 0. The van der Waals surface area contributed by atoms with Gasteiger partial charge in [0.2, 0.25) is 0 Å². The minimum Gasteiger partial charge on any atom is -0.309 e. The van der Waals surface area contributed by atoms with Gasteiger partial charge in [-0.05, 0) is 65.7 Å². The lowest BCUT2D eigenvalue weighted by Gasteiger charge is -2.17. The van der Waals surface area contributed by atoms with Crippen molar-refractivity contribution in [1.82, 2.24) is 19.1 Å². The Labute approximate surface area is 350 Å². The van der Waals surface area contributed by atoms with E-state index < -0.39 is 8.07 Å². The van der Waals surface area contributed by atoms with Crippen molar-refractivity contribution < 1.29 is 0 Å². The molecule has 0 amide bonds. The van der Waals surface area contributed by atoms with Crippen LogP contribution in [0.15, 0.2) is 200 Å². The van der Waals surface area contributed by atoms with Crippen LogP contribution in [-0.2, 0) is 0 Å². The average molecular weight is 787 g/mol. The van der Waals surface area contributed by atoms with Gasteiger partial charge in [0.15, 0.2) is 5.82 Å². The molecule has 0 N–H and O–H groups in total. The molecule has 3 aromatic heterocycles. The van der Waals surface area contributed by atoms with Crippen molar-refractivity contribution in [1.29, 1.82) is 0 Å². The third-order valence-corrected chi connectivity index (χ3v) is 14.0. The van der Waals surface area contributed by atoms with E-state index in [4.69, 9.17) is 9.97 Å². The molecule has 286 valence electrons. The Kier molecular flexibility index (Phi) is 8.46. The molecule has 4 nitrogen and oxygen atoms in total. The highest BCUT2D eigenvalue weighted by molar-refractivity contribution is 6.88. The summed E-state index contributed by atoms with van der Waals surface area (Å²) < 4.78 is 4.83. The normalized spacial score (nSPS) is 11.9. The van der Waals surface area contributed by atoms with Gasteiger partial charge in [0.25, 0.3) is 0 Å². The number of nitrogens with zero attached hydrogens (tertiary/aromatic N) is 4. The van der Waals surface area contributed by atoms with E-state index in [0.29, 0.717) is 5.82 Å². The second kappa shape index (κ2) is 14.2. The van der Waals surface area contributed by atoms with Crippen LogP contribution >= 0.6 is 0 Å². The lowest BCUT2D eigenvalue weighted by Crippen LogP contribution is -2.37. The number of aromatic nitrogens is 4. The van der Waals surface area contributed by atoms with E-state index in [1.807, 2.05) is 24.3 Å². The molecule has 0 spiro atoms. The van der Waals surface area contributed by atoms with Crippen molar-refractivity contribution in [2.75, 3.05) is 0 Å². The first-order valence-electron chi connectivity index (χ1n) is 20.7. The summed E-state index contributed by atoms with van der Waals surface area (Å²) in [5.41, 5.74) is 14.3. The van der Waals surface area contributed by atoms with Crippen molar-refractivity contribution in [3.8, 4) is 56.4 Å². The number of hydrogen-bond donors (Lipinski definition) is 0. The topological polar surface area (TPSA) is 35.6 Å². The molecular formula is C55H42N4Si. The quantitative estimate of drug-likeness (QED) is 0.151. The zero-order valence-corrected chi connectivity index (χ0v) is 34.8. The van der Waals surface area contributed by atoms with Crippen molar-refractivity contribution in [3.05, 3.63) is 200 Å². The lowest BCUT2D eigenvalue weighted by atomic mass is 10.0. The average Bonchev–Trinajstić information content (AvgIpc) is 3.81. The highest BCUT2D eigenvalue weighted by atomic mass is 28.3. The van der Waals surface area contributed by atoms with Gasteiger partial charge in [0.05, 0.1) is 41.5 Å². The number of para-hydroxylation sites is 2. The van der Waals surface area contributed by atoms with Crippen LogP contribution in [0.1, 0.15) is 0 Å². The third kappa shape index (κ3) is 6.14. The van der Waals surface area contributed by atoms with Crippen molar-refractivity contribution in [2.45, 2.75) is 19.6 Å². The second-order valence-corrected chi connectivity index (χ2v) is 21.8. The van der Waals surface area contributed by atoms with E-state index in [-0.39, 0.29) is 0 Å². The van der Waals surface area contributed by atoms with Gasteiger partial charge < -0.3 is 9.13 Å². The molecule has 11 aromatic rings. The number of hydrogen-bond acceptors (Lipinski definition) is 2. The Morgan fingerprint density at radius 2 is 0.733 bits per heavy atom. The maximum absolute atomic E-state index is 5.09. The molecular weight excluding hydrogens is 745 g/mol. The Morgan fingerprint density at radius 1 is 0.333 bits per heavy atom. The van der Waals surface area contributed by atoms with Crippen LogP contribution in [0.2, 0.25) is 19.6 Å². The minimum absolute atomic E-state index is 0.712. The molecule has 0 unspecified atom stereocenters.